The molecule has 1 fully saturated rings. The molecule has 1 aliphatic heterocycles. The van der Waals surface area contributed by atoms with Crippen molar-refractivity contribution in [2.75, 3.05) is 18.4 Å². The van der Waals surface area contributed by atoms with Crippen LogP contribution in [0, 0.1) is 17.2 Å². The van der Waals surface area contributed by atoms with Crippen molar-refractivity contribution in [2.24, 2.45) is 5.92 Å². The molecule has 3 N–H and O–H groups in total. The van der Waals surface area contributed by atoms with Crippen molar-refractivity contribution >= 4 is 29.2 Å². The summed E-state index contributed by atoms with van der Waals surface area (Å²) in [6.45, 7) is 5.07. The van der Waals surface area contributed by atoms with Crippen LogP contribution in [0.25, 0.3) is 10.6 Å². The van der Waals surface area contributed by atoms with Gasteiger partial charge in [-0.05, 0) is 37.3 Å². The number of anilines is 1. The summed E-state index contributed by atoms with van der Waals surface area (Å²) in [7, 11) is 0. The van der Waals surface area contributed by atoms with Gasteiger partial charge >= 0.3 is 6.18 Å². The maximum atomic E-state index is 13.7. The zero-order valence-electron chi connectivity index (χ0n) is 18.3. The average molecular weight is 510 g/mol. The van der Waals surface area contributed by atoms with Gasteiger partial charge in [-0.15, -0.1) is 11.3 Å². The van der Waals surface area contributed by atoms with Crippen LogP contribution in [0.4, 0.5) is 19.1 Å². The number of aliphatic hydroxyl groups excluding tert-OH is 1. The molecule has 3 unspecified atom stereocenters. The number of hydrogen-bond acceptors (Lipinski definition) is 9. The summed E-state index contributed by atoms with van der Waals surface area (Å²) >= 11 is 2.51. The molecule has 0 saturated carbocycles. The van der Waals surface area contributed by atoms with Gasteiger partial charge in [0.25, 0.3) is 0 Å². The molecule has 13 heteroatoms. The van der Waals surface area contributed by atoms with Gasteiger partial charge in [-0.2, -0.15) is 18.4 Å². The third kappa shape index (κ3) is 5.35. The van der Waals surface area contributed by atoms with E-state index in [1.165, 1.54) is 13.0 Å². The van der Waals surface area contributed by atoms with Crippen LogP contribution in [-0.4, -0.2) is 48.5 Å². The largest absolute Gasteiger partial charge is 0.420 e. The maximum absolute atomic E-state index is 13.7. The molecular formula is C21H22F3N7OS2. The molecular weight excluding hydrogens is 487 g/mol. The Morgan fingerprint density at radius 2 is 2.21 bits per heavy atom. The highest BCUT2D eigenvalue weighted by atomic mass is 32.2. The first-order chi connectivity index (χ1) is 16.2. The molecule has 4 rings (SSSR count). The van der Waals surface area contributed by atoms with Gasteiger partial charge in [0.1, 0.15) is 16.7 Å². The van der Waals surface area contributed by atoms with E-state index >= 15 is 0 Å². The summed E-state index contributed by atoms with van der Waals surface area (Å²) in [5.41, 5.74) is -1.16. The number of piperidine rings is 1. The monoisotopic (exact) mass is 509 g/mol. The van der Waals surface area contributed by atoms with Crippen LogP contribution in [-0.2, 0) is 6.18 Å². The van der Waals surface area contributed by atoms with Crippen molar-refractivity contribution in [3.8, 4) is 16.6 Å². The Balaban J connectivity index is 1.56. The van der Waals surface area contributed by atoms with Crippen molar-refractivity contribution in [1.29, 1.82) is 5.26 Å². The molecule has 0 aliphatic carbocycles. The fourth-order valence-electron chi connectivity index (χ4n) is 3.77. The summed E-state index contributed by atoms with van der Waals surface area (Å²) in [6, 6.07) is 3.24. The number of nitrogens with one attached hydrogen (secondary N) is 2. The van der Waals surface area contributed by atoms with Crippen LogP contribution in [0.15, 0.2) is 29.8 Å². The topological polar surface area (TPSA) is 114 Å². The van der Waals surface area contributed by atoms with Crippen LogP contribution >= 0.6 is 23.3 Å². The summed E-state index contributed by atoms with van der Waals surface area (Å²) in [6.07, 6.45) is -0.747. The lowest BCUT2D eigenvalue weighted by Gasteiger charge is -2.36. The lowest BCUT2D eigenvalue weighted by molar-refractivity contribution is -0.137. The number of thiophene rings is 1. The SMILES string of the molecule is CC(O)c1sc(-c2nc(NC3CCN(Sc4cnc[nH]4)CC3C)ncc2C(F)(F)F)cc1C#N. The molecule has 1 saturated heterocycles. The normalized spacial score (nSPS) is 20.1. The van der Waals surface area contributed by atoms with E-state index in [-0.39, 0.29) is 34.0 Å². The molecule has 0 aromatic carbocycles. The van der Waals surface area contributed by atoms with Gasteiger partial charge in [0.15, 0.2) is 0 Å². The zero-order chi connectivity index (χ0) is 24.5. The number of nitriles is 1. The molecule has 8 nitrogen and oxygen atoms in total. The second-order valence-corrected chi connectivity index (χ2v) is 10.3. The average Bonchev–Trinajstić information content (AvgIpc) is 3.44. The lowest BCUT2D eigenvalue weighted by Crippen LogP contribution is -2.42. The number of nitrogens with zero attached hydrogens (tertiary/aromatic N) is 5. The minimum Gasteiger partial charge on any atom is -0.388 e. The summed E-state index contributed by atoms with van der Waals surface area (Å²) in [5.74, 6) is 0.285. The van der Waals surface area contributed by atoms with Crippen LogP contribution < -0.4 is 5.32 Å². The molecule has 4 heterocycles. The second-order valence-electron chi connectivity index (χ2n) is 8.04. The Bertz CT molecular complexity index is 1170. The van der Waals surface area contributed by atoms with Gasteiger partial charge in [0.2, 0.25) is 5.95 Å². The quantitative estimate of drug-likeness (QED) is 0.410. The number of aromatic amines is 1. The second kappa shape index (κ2) is 9.91. The molecule has 1 aliphatic rings. The first kappa shape index (κ1) is 24.5. The predicted molar refractivity (Wildman–Crippen MR) is 123 cm³/mol. The summed E-state index contributed by atoms with van der Waals surface area (Å²) in [4.78, 5) is 15.7. The number of H-pyrrole nitrogens is 1. The van der Waals surface area contributed by atoms with Crippen molar-refractivity contribution in [3.05, 3.63) is 40.8 Å². The number of halogens is 3. The fourth-order valence-corrected chi connectivity index (χ4v) is 5.82. The number of alkyl halides is 3. The minimum atomic E-state index is -4.67. The molecule has 180 valence electrons. The van der Waals surface area contributed by atoms with Gasteiger partial charge in [-0.3, -0.25) is 0 Å². The highest BCUT2D eigenvalue weighted by molar-refractivity contribution is 7.97. The van der Waals surface area contributed by atoms with E-state index in [4.69, 9.17) is 0 Å². The first-order valence-electron chi connectivity index (χ1n) is 10.5. The van der Waals surface area contributed by atoms with Crippen molar-refractivity contribution in [2.45, 2.75) is 43.6 Å². The van der Waals surface area contributed by atoms with Crippen LogP contribution in [0.1, 0.15) is 42.4 Å². The number of imidazole rings is 1. The number of aromatic nitrogens is 4. The van der Waals surface area contributed by atoms with Crippen molar-refractivity contribution in [1.82, 2.24) is 24.2 Å². The highest BCUT2D eigenvalue weighted by Crippen LogP contribution is 2.41. The van der Waals surface area contributed by atoms with E-state index in [1.807, 2.05) is 6.07 Å². The third-order valence-electron chi connectivity index (χ3n) is 5.47. The fraction of sp³-hybridized carbons (Fsp3) is 0.429. The van der Waals surface area contributed by atoms with Crippen molar-refractivity contribution < 1.29 is 18.3 Å². The molecule has 34 heavy (non-hydrogen) atoms. The van der Waals surface area contributed by atoms with Crippen LogP contribution in [0.3, 0.4) is 0 Å². The Morgan fingerprint density at radius 3 is 2.79 bits per heavy atom. The van der Waals surface area contributed by atoms with E-state index in [1.54, 1.807) is 24.5 Å². The summed E-state index contributed by atoms with van der Waals surface area (Å²) in [5, 5.41) is 23.4. The van der Waals surface area contributed by atoms with Gasteiger partial charge < -0.3 is 15.4 Å². The molecule has 0 amide bonds. The van der Waals surface area contributed by atoms with E-state index in [2.05, 4.69) is 36.5 Å². The van der Waals surface area contributed by atoms with E-state index in [9.17, 15) is 23.5 Å². The molecule has 0 bridgehead atoms. The summed E-state index contributed by atoms with van der Waals surface area (Å²) < 4.78 is 43.3. The van der Waals surface area contributed by atoms with E-state index < -0.39 is 17.8 Å². The third-order valence-corrected chi connectivity index (χ3v) is 7.79. The number of aliphatic hydroxyl groups is 1. The zero-order valence-corrected chi connectivity index (χ0v) is 19.9. The van der Waals surface area contributed by atoms with Gasteiger partial charge in [0, 0.05) is 25.3 Å². The smallest absolute Gasteiger partial charge is 0.388 e. The van der Waals surface area contributed by atoms with E-state index in [0.717, 1.165) is 42.1 Å². The minimum absolute atomic E-state index is 0.0192. The Morgan fingerprint density at radius 1 is 1.41 bits per heavy atom. The lowest BCUT2D eigenvalue weighted by atomic mass is 9.95. The molecule has 0 radical (unpaired) electrons. The Hall–Kier alpha value is -2.66. The number of hydrogen-bond donors (Lipinski definition) is 3. The maximum Gasteiger partial charge on any atom is 0.420 e. The standard InChI is InChI=1S/C21H22F3N7OS2/c1-11-9-31(34-17-8-26-10-28-17)4-3-15(11)29-20-27-7-14(21(22,23)24)18(30-20)16-5-13(6-25)19(33-16)12(2)32/h5,7-8,10-12,15,32H,3-4,9H2,1-2H3,(H,26,28)(H,27,29,30). The Kier molecular flexibility index (Phi) is 7.13. The highest BCUT2D eigenvalue weighted by Gasteiger charge is 2.37. The van der Waals surface area contributed by atoms with Gasteiger partial charge in [-0.1, -0.05) is 6.92 Å². The molecule has 3 aromatic heterocycles. The molecule has 3 aromatic rings. The molecule has 3 atom stereocenters. The van der Waals surface area contributed by atoms with E-state index in [0.29, 0.717) is 4.88 Å². The van der Waals surface area contributed by atoms with Crippen LogP contribution in [0.2, 0.25) is 0 Å². The van der Waals surface area contributed by atoms with Gasteiger partial charge in [-0.25, -0.2) is 19.3 Å². The van der Waals surface area contributed by atoms with Crippen molar-refractivity contribution in [3.63, 3.8) is 0 Å². The van der Waals surface area contributed by atoms with Crippen LogP contribution in [0.5, 0.6) is 0 Å². The predicted octanol–water partition coefficient (Wildman–Crippen LogP) is 4.70. The van der Waals surface area contributed by atoms with Gasteiger partial charge in [0.05, 0.1) is 39.6 Å². The first-order valence-corrected chi connectivity index (χ1v) is 12.1. The molecule has 0 spiro atoms. The number of rotatable bonds is 6. The Labute approximate surface area is 202 Å².